The maximum absolute atomic E-state index is 13.6. The van der Waals surface area contributed by atoms with E-state index < -0.39 is 0 Å². The number of carbonyl (C=O) groups excluding carboxylic acids is 1. The number of carbonyl (C=O) groups is 1. The summed E-state index contributed by atoms with van der Waals surface area (Å²) in [5.74, 6) is 1.93. The first-order chi connectivity index (χ1) is 16.8. The highest BCUT2D eigenvalue weighted by Crippen LogP contribution is 2.51. The number of nitrogens with zero attached hydrogens (tertiary/aromatic N) is 2. The molecule has 6 rings (SSSR count). The number of ketones is 1. The van der Waals surface area contributed by atoms with E-state index in [2.05, 4.69) is 80.2 Å². The third kappa shape index (κ3) is 3.81. The molecule has 0 N–H and O–H groups in total. The van der Waals surface area contributed by atoms with Gasteiger partial charge in [-0.05, 0) is 59.7 Å². The number of rotatable bonds is 2. The molecule has 0 saturated carbocycles. The van der Waals surface area contributed by atoms with Crippen molar-refractivity contribution in [3.63, 3.8) is 0 Å². The van der Waals surface area contributed by atoms with Crippen LogP contribution >= 0.6 is 0 Å². The number of ether oxygens (including phenoxy) is 2. The normalized spacial score (nSPS) is 22.5. The molecule has 0 aromatic heterocycles. The first-order valence-electron chi connectivity index (χ1n) is 12.8. The van der Waals surface area contributed by atoms with Crippen molar-refractivity contribution < 1.29 is 14.3 Å². The highest BCUT2D eigenvalue weighted by Gasteiger charge is 2.42. The lowest BCUT2D eigenvalue weighted by atomic mass is 9.69. The molecule has 0 fully saturated rings. The standard InChI is InChI=1S/C30H34N2O3/c1-30(2)17-25-29(26(33)18-30)23(19-6-8-21(9-7-19)31(3)4)15-24-22-16-28-27(34-12-5-13-35-28)14-20(22)10-11-32(24)25/h6-9,14-16,23H,5,10-13,17-18H2,1-4H3. The first-order valence-corrected chi connectivity index (χ1v) is 12.8. The zero-order chi connectivity index (χ0) is 24.3. The van der Waals surface area contributed by atoms with Crippen LogP contribution in [0.1, 0.15) is 55.7 Å². The molecule has 1 unspecified atom stereocenters. The van der Waals surface area contributed by atoms with Gasteiger partial charge < -0.3 is 19.3 Å². The Hall–Kier alpha value is -3.21. The molecule has 0 bridgehead atoms. The van der Waals surface area contributed by atoms with Crippen LogP contribution in [0.25, 0.3) is 5.70 Å². The van der Waals surface area contributed by atoms with E-state index in [4.69, 9.17) is 9.47 Å². The molecule has 3 heterocycles. The molecule has 0 amide bonds. The van der Waals surface area contributed by atoms with Crippen molar-refractivity contribution >= 4 is 17.2 Å². The van der Waals surface area contributed by atoms with Crippen LogP contribution in [0.5, 0.6) is 11.5 Å². The van der Waals surface area contributed by atoms with Crippen LogP contribution in [0, 0.1) is 5.41 Å². The van der Waals surface area contributed by atoms with Crippen LogP contribution in [0.15, 0.2) is 53.7 Å². The Bertz CT molecular complexity index is 1250. The van der Waals surface area contributed by atoms with Crippen molar-refractivity contribution in [2.45, 2.75) is 45.4 Å². The van der Waals surface area contributed by atoms with Crippen molar-refractivity contribution in [1.29, 1.82) is 0 Å². The third-order valence-corrected chi connectivity index (χ3v) is 7.77. The maximum Gasteiger partial charge on any atom is 0.162 e. The molecular formula is C30H34N2O3. The number of anilines is 1. The Morgan fingerprint density at radius 3 is 2.43 bits per heavy atom. The molecule has 4 aliphatic rings. The number of hydrogen-bond donors (Lipinski definition) is 0. The van der Waals surface area contributed by atoms with E-state index >= 15 is 0 Å². The Kier molecular flexibility index (Phi) is 5.21. The van der Waals surface area contributed by atoms with Gasteiger partial charge in [-0.2, -0.15) is 0 Å². The zero-order valence-electron chi connectivity index (χ0n) is 21.2. The van der Waals surface area contributed by atoms with Gasteiger partial charge in [0, 0.05) is 67.6 Å². The maximum atomic E-state index is 13.6. The monoisotopic (exact) mass is 470 g/mol. The summed E-state index contributed by atoms with van der Waals surface area (Å²) in [5, 5.41) is 0. The van der Waals surface area contributed by atoms with E-state index in [1.165, 1.54) is 28.1 Å². The van der Waals surface area contributed by atoms with Crippen LogP contribution in [-0.4, -0.2) is 44.5 Å². The zero-order valence-corrected chi connectivity index (χ0v) is 21.2. The van der Waals surface area contributed by atoms with Gasteiger partial charge in [0.05, 0.1) is 13.2 Å². The van der Waals surface area contributed by atoms with Crippen LogP contribution in [-0.2, 0) is 11.2 Å². The molecule has 3 aliphatic heterocycles. The van der Waals surface area contributed by atoms with Crippen molar-refractivity contribution in [3.05, 3.63) is 70.4 Å². The van der Waals surface area contributed by atoms with E-state index in [9.17, 15) is 4.79 Å². The highest BCUT2D eigenvalue weighted by molar-refractivity contribution is 6.01. The number of allylic oxidation sites excluding steroid dienone is 3. The fourth-order valence-electron chi connectivity index (χ4n) is 6.03. The predicted octanol–water partition coefficient (Wildman–Crippen LogP) is 5.55. The van der Waals surface area contributed by atoms with E-state index in [-0.39, 0.29) is 17.1 Å². The van der Waals surface area contributed by atoms with Gasteiger partial charge in [-0.3, -0.25) is 4.79 Å². The molecule has 2 aromatic carbocycles. The van der Waals surface area contributed by atoms with Crippen LogP contribution in [0.4, 0.5) is 5.69 Å². The summed E-state index contributed by atoms with van der Waals surface area (Å²) in [4.78, 5) is 18.1. The molecule has 5 heteroatoms. The van der Waals surface area contributed by atoms with E-state index in [0.717, 1.165) is 48.6 Å². The van der Waals surface area contributed by atoms with Crippen molar-refractivity contribution in [1.82, 2.24) is 4.90 Å². The minimum absolute atomic E-state index is 0.0390. The molecule has 1 aliphatic carbocycles. The Labute approximate surface area is 208 Å². The minimum Gasteiger partial charge on any atom is -0.490 e. The largest absolute Gasteiger partial charge is 0.490 e. The fourth-order valence-corrected chi connectivity index (χ4v) is 6.03. The van der Waals surface area contributed by atoms with Gasteiger partial charge in [-0.25, -0.2) is 0 Å². The first kappa shape index (κ1) is 22.3. The van der Waals surface area contributed by atoms with Crippen molar-refractivity contribution in [3.8, 4) is 11.5 Å². The lowest BCUT2D eigenvalue weighted by Crippen LogP contribution is -2.40. The van der Waals surface area contributed by atoms with Gasteiger partial charge in [0.1, 0.15) is 0 Å². The fraction of sp³-hybridized carbons (Fsp3) is 0.433. The molecule has 0 radical (unpaired) electrons. The second-order valence-corrected chi connectivity index (χ2v) is 11.2. The Morgan fingerprint density at radius 1 is 1.00 bits per heavy atom. The molecule has 5 nitrogen and oxygen atoms in total. The van der Waals surface area contributed by atoms with E-state index in [1.54, 1.807) is 0 Å². The molecular weight excluding hydrogens is 436 g/mol. The van der Waals surface area contributed by atoms with Crippen LogP contribution < -0.4 is 14.4 Å². The molecule has 0 saturated heterocycles. The van der Waals surface area contributed by atoms with Gasteiger partial charge >= 0.3 is 0 Å². The number of hydrogen-bond acceptors (Lipinski definition) is 5. The molecule has 1 atom stereocenters. The van der Waals surface area contributed by atoms with Crippen LogP contribution in [0.3, 0.4) is 0 Å². The SMILES string of the molecule is CN(C)c1ccc(C2C=C3c4cc5c(cc4CCN3C3=C2C(=O)CC(C)(C)C3)OCCCO5)cc1. The molecule has 2 aromatic rings. The summed E-state index contributed by atoms with van der Waals surface area (Å²) in [6.07, 6.45) is 5.66. The third-order valence-electron chi connectivity index (χ3n) is 7.77. The number of Topliss-reactive ketones (excluding diaryl/α,β-unsaturated/α-hetero) is 1. The summed E-state index contributed by atoms with van der Waals surface area (Å²) in [7, 11) is 4.10. The summed E-state index contributed by atoms with van der Waals surface area (Å²) in [6, 6.07) is 13.0. The summed E-state index contributed by atoms with van der Waals surface area (Å²) < 4.78 is 12.0. The summed E-state index contributed by atoms with van der Waals surface area (Å²) >= 11 is 0. The highest BCUT2D eigenvalue weighted by atomic mass is 16.5. The van der Waals surface area contributed by atoms with Gasteiger partial charge in [0.2, 0.25) is 0 Å². The molecule has 182 valence electrons. The molecule has 35 heavy (non-hydrogen) atoms. The van der Waals surface area contributed by atoms with Gasteiger partial charge in [-0.1, -0.05) is 26.0 Å². The number of fused-ring (bicyclic) bond motifs is 5. The van der Waals surface area contributed by atoms with E-state index in [0.29, 0.717) is 19.6 Å². The van der Waals surface area contributed by atoms with Crippen molar-refractivity contribution in [2.75, 3.05) is 38.8 Å². The minimum atomic E-state index is -0.0435. The van der Waals surface area contributed by atoms with Crippen molar-refractivity contribution in [2.24, 2.45) is 5.41 Å². The Balaban J connectivity index is 1.50. The second kappa shape index (κ2) is 8.18. The number of benzene rings is 2. The van der Waals surface area contributed by atoms with Gasteiger partial charge in [0.25, 0.3) is 0 Å². The summed E-state index contributed by atoms with van der Waals surface area (Å²) in [5.41, 5.74) is 8.20. The Morgan fingerprint density at radius 2 is 1.71 bits per heavy atom. The van der Waals surface area contributed by atoms with E-state index in [1.807, 2.05) is 0 Å². The average Bonchev–Trinajstić information content (AvgIpc) is 3.06. The average molecular weight is 471 g/mol. The molecule has 0 spiro atoms. The summed E-state index contributed by atoms with van der Waals surface area (Å²) in [6.45, 7) is 6.69. The van der Waals surface area contributed by atoms with Crippen LogP contribution in [0.2, 0.25) is 0 Å². The lowest BCUT2D eigenvalue weighted by Gasteiger charge is -2.46. The van der Waals surface area contributed by atoms with Gasteiger partial charge in [-0.15, -0.1) is 0 Å². The predicted molar refractivity (Wildman–Crippen MR) is 139 cm³/mol. The second-order valence-electron chi connectivity index (χ2n) is 11.2. The van der Waals surface area contributed by atoms with Gasteiger partial charge in [0.15, 0.2) is 17.3 Å². The lowest BCUT2D eigenvalue weighted by molar-refractivity contribution is -0.118. The smallest absolute Gasteiger partial charge is 0.162 e. The quantitative estimate of drug-likeness (QED) is 0.575. The topological polar surface area (TPSA) is 42.0 Å².